The molecule has 5 heteroatoms. The van der Waals surface area contributed by atoms with Gasteiger partial charge in [-0.05, 0) is 18.6 Å². The van der Waals surface area contributed by atoms with Crippen molar-refractivity contribution in [2.75, 3.05) is 0 Å². The molecule has 0 heterocycles. The lowest BCUT2D eigenvalue weighted by Crippen LogP contribution is -2.30. The van der Waals surface area contributed by atoms with Crippen LogP contribution in [0.2, 0.25) is 0 Å². The standard InChI is InChI=1S/C18H29NO3S/c1-2-3-4-5-6-7-8-9-13-16-18(20)19-23(21,22)17-14-11-10-12-15-17/h10-12,14-15H,2-9,13,16H2,1H3,(H,19,20). The lowest BCUT2D eigenvalue weighted by molar-refractivity contribution is -0.119. The molecule has 0 aromatic heterocycles. The maximum absolute atomic E-state index is 12.0. The van der Waals surface area contributed by atoms with Gasteiger partial charge in [0.1, 0.15) is 0 Å². The van der Waals surface area contributed by atoms with Crippen LogP contribution < -0.4 is 4.72 Å². The number of carbonyl (C=O) groups excluding carboxylic acids is 1. The molecule has 0 aliphatic rings. The highest BCUT2D eigenvalue weighted by molar-refractivity contribution is 7.90. The first-order valence-electron chi connectivity index (χ1n) is 8.67. The van der Waals surface area contributed by atoms with E-state index in [0.29, 0.717) is 0 Å². The summed E-state index contributed by atoms with van der Waals surface area (Å²) in [6, 6.07) is 7.98. The highest BCUT2D eigenvalue weighted by atomic mass is 32.2. The van der Waals surface area contributed by atoms with Gasteiger partial charge in [-0.3, -0.25) is 4.79 Å². The van der Waals surface area contributed by atoms with E-state index >= 15 is 0 Å². The van der Waals surface area contributed by atoms with E-state index in [9.17, 15) is 13.2 Å². The molecule has 1 N–H and O–H groups in total. The van der Waals surface area contributed by atoms with Crippen molar-refractivity contribution >= 4 is 15.9 Å². The van der Waals surface area contributed by atoms with E-state index < -0.39 is 15.9 Å². The highest BCUT2D eigenvalue weighted by Gasteiger charge is 2.16. The Morgan fingerprint density at radius 3 is 1.96 bits per heavy atom. The number of amides is 1. The Hall–Kier alpha value is -1.36. The van der Waals surface area contributed by atoms with E-state index in [0.717, 1.165) is 19.3 Å². The molecule has 0 atom stereocenters. The molecule has 4 nitrogen and oxygen atoms in total. The monoisotopic (exact) mass is 339 g/mol. The van der Waals surface area contributed by atoms with Gasteiger partial charge >= 0.3 is 0 Å². The van der Waals surface area contributed by atoms with E-state index in [1.54, 1.807) is 18.2 Å². The first kappa shape index (κ1) is 19.7. The van der Waals surface area contributed by atoms with Crippen LogP contribution in [0.1, 0.15) is 71.1 Å². The Kier molecular flexibility index (Phi) is 9.60. The molecule has 0 bridgehead atoms. The first-order valence-corrected chi connectivity index (χ1v) is 10.2. The summed E-state index contributed by atoms with van der Waals surface area (Å²) in [4.78, 5) is 11.9. The summed E-state index contributed by atoms with van der Waals surface area (Å²) in [6.45, 7) is 2.21. The Morgan fingerprint density at radius 2 is 1.39 bits per heavy atom. The topological polar surface area (TPSA) is 63.2 Å². The minimum atomic E-state index is -3.72. The molecule has 0 saturated heterocycles. The molecule has 0 aliphatic heterocycles. The predicted molar refractivity (Wildman–Crippen MR) is 93.6 cm³/mol. The minimum Gasteiger partial charge on any atom is -0.274 e. The smallest absolute Gasteiger partial charge is 0.264 e. The summed E-state index contributed by atoms with van der Waals surface area (Å²) in [5.74, 6) is -0.420. The van der Waals surface area contributed by atoms with Gasteiger partial charge in [0.05, 0.1) is 4.90 Å². The van der Waals surface area contributed by atoms with Crippen LogP contribution in [-0.2, 0) is 14.8 Å². The van der Waals surface area contributed by atoms with Gasteiger partial charge in [0.15, 0.2) is 0 Å². The zero-order valence-corrected chi connectivity index (χ0v) is 14.9. The molecule has 0 saturated carbocycles. The largest absolute Gasteiger partial charge is 0.274 e. The number of sulfonamides is 1. The Labute approximate surface area is 140 Å². The van der Waals surface area contributed by atoms with Gasteiger partial charge in [0.2, 0.25) is 5.91 Å². The maximum Gasteiger partial charge on any atom is 0.264 e. The highest BCUT2D eigenvalue weighted by Crippen LogP contribution is 2.11. The number of unbranched alkanes of at least 4 members (excludes halogenated alkanes) is 8. The third-order valence-electron chi connectivity index (χ3n) is 3.81. The fourth-order valence-corrected chi connectivity index (χ4v) is 3.49. The van der Waals surface area contributed by atoms with Gasteiger partial charge in [-0.1, -0.05) is 76.5 Å². The molecule has 0 aliphatic carbocycles. The summed E-state index contributed by atoms with van der Waals surface area (Å²) in [6.07, 6.45) is 10.8. The summed E-state index contributed by atoms with van der Waals surface area (Å²) in [7, 11) is -3.72. The summed E-state index contributed by atoms with van der Waals surface area (Å²) in [5.41, 5.74) is 0. The van der Waals surface area contributed by atoms with Gasteiger partial charge in [-0.2, -0.15) is 0 Å². The van der Waals surface area contributed by atoms with Crippen LogP contribution >= 0.6 is 0 Å². The summed E-state index contributed by atoms with van der Waals surface area (Å²) >= 11 is 0. The van der Waals surface area contributed by atoms with Gasteiger partial charge in [0.25, 0.3) is 10.0 Å². The molecule has 0 fully saturated rings. The van der Waals surface area contributed by atoms with E-state index in [-0.39, 0.29) is 11.3 Å². The average molecular weight is 340 g/mol. The molecule has 1 amide bonds. The third-order valence-corrected chi connectivity index (χ3v) is 5.20. The van der Waals surface area contributed by atoms with Crippen LogP contribution in [0.15, 0.2) is 35.2 Å². The van der Waals surface area contributed by atoms with Crippen molar-refractivity contribution in [1.82, 2.24) is 4.72 Å². The number of hydrogen-bond donors (Lipinski definition) is 1. The van der Waals surface area contributed by atoms with Crippen LogP contribution in [0.5, 0.6) is 0 Å². The van der Waals surface area contributed by atoms with E-state index in [2.05, 4.69) is 11.6 Å². The molecule has 1 aromatic carbocycles. The SMILES string of the molecule is CCCCCCCCCCCC(=O)NS(=O)(=O)c1ccccc1. The zero-order chi connectivity index (χ0) is 17.0. The number of benzene rings is 1. The normalized spacial score (nSPS) is 11.3. The van der Waals surface area contributed by atoms with Crippen LogP contribution in [0, 0.1) is 0 Å². The Morgan fingerprint density at radius 1 is 0.870 bits per heavy atom. The van der Waals surface area contributed by atoms with Gasteiger partial charge in [-0.25, -0.2) is 13.1 Å². The predicted octanol–water partition coefficient (Wildman–Crippen LogP) is 4.41. The van der Waals surface area contributed by atoms with Crippen molar-refractivity contribution in [3.63, 3.8) is 0 Å². The number of hydrogen-bond acceptors (Lipinski definition) is 3. The van der Waals surface area contributed by atoms with Crippen LogP contribution in [-0.4, -0.2) is 14.3 Å². The third kappa shape index (κ3) is 8.74. The van der Waals surface area contributed by atoms with Crippen molar-refractivity contribution in [1.29, 1.82) is 0 Å². The quantitative estimate of drug-likeness (QED) is 0.574. The molecular formula is C18H29NO3S. The van der Waals surface area contributed by atoms with Crippen LogP contribution in [0.4, 0.5) is 0 Å². The Balaban J connectivity index is 2.13. The molecule has 1 aromatic rings. The molecule has 0 unspecified atom stereocenters. The second kappa shape index (κ2) is 11.2. The van der Waals surface area contributed by atoms with Gasteiger partial charge < -0.3 is 0 Å². The van der Waals surface area contributed by atoms with E-state index in [1.165, 1.54) is 50.7 Å². The maximum atomic E-state index is 12.0. The van der Waals surface area contributed by atoms with Crippen molar-refractivity contribution in [3.8, 4) is 0 Å². The average Bonchev–Trinajstić information content (AvgIpc) is 2.54. The fourth-order valence-electron chi connectivity index (χ4n) is 2.46. The molecule has 130 valence electrons. The van der Waals surface area contributed by atoms with Gasteiger partial charge in [0, 0.05) is 6.42 Å². The molecule has 23 heavy (non-hydrogen) atoms. The minimum absolute atomic E-state index is 0.125. The van der Waals surface area contributed by atoms with E-state index in [4.69, 9.17) is 0 Å². The molecule has 0 radical (unpaired) electrons. The fraction of sp³-hybridized carbons (Fsp3) is 0.611. The number of rotatable bonds is 12. The van der Waals surface area contributed by atoms with Crippen molar-refractivity contribution in [3.05, 3.63) is 30.3 Å². The number of carbonyl (C=O) groups is 1. The van der Waals surface area contributed by atoms with Gasteiger partial charge in [-0.15, -0.1) is 0 Å². The van der Waals surface area contributed by atoms with Crippen molar-refractivity contribution in [2.45, 2.75) is 76.0 Å². The first-order chi connectivity index (χ1) is 11.1. The van der Waals surface area contributed by atoms with Crippen LogP contribution in [0.3, 0.4) is 0 Å². The van der Waals surface area contributed by atoms with E-state index in [1.807, 2.05) is 0 Å². The zero-order valence-electron chi connectivity index (χ0n) is 14.1. The van der Waals surface area contributed by atoms with Crippen molar-refractivity contribution in [2.24, 2.45) is 0 Å². The molecule has 1 rings (SSSR count). The summed E-state index contributed by atoms with van der Waals surface area (Å²) < 4.78 is 26.1. The lowest BCUT2D eigenvalue weighted by Gasteiger charge is -2.06. The summed E-state index contributed by atoms with van der Waals surface area (Å²) in [5, 5.41) is 0. The second-order valence-electron chi connectivity index (χ2n) is 5.92. The molecule has 0 spiro atoms. The van der Waals surface area contributed by atoms with Crippen molar-refractivity contribution < 1.29 is 13.2 Å². The Bertz CT molecular complexity index is 541. The molecular weight excluding hydrogens is 310 g/mol. The van der Waals surface area contributed by atoms with Crippen LogP contribution in [0.25, 0.3) is 0 Å². The second-order valence-corrected chi connectivity index (χ2v) is 7.60. The number of nitrogens with one attached hydrogen (secondary N) is 1. The lowest BCUT2D eigenvalue weighted by atomic mass is 10.1.